The molecule has 2 aromatic rings. The molecule has 2 aromatic carbocycles. The highest BCUT2D eigenvalue weighted by molar-refractivity contribution is 5.94. The number of halogens is 1. The molecule has 0 aliphatic carbocycles. The normalized spacial score (nSPS) is 10.3. The van der Waals surface area contributed by atoms with Crippen molar-refractivity contribution < 1.29 is 14.1 Å². The first-order valence-electron chi connectivity index (χ1n) is 6.75. The highest BCUT2D eigenvalue weighted by Gasteiger charge is 2.13. The highest BCUT2D eigenvalue weighted by Crippen LogP contribution is 2.18. The number of hydrogen-bond acceptors (Lipinski definition) is 3. The second kappa shape index (κ2) is 6.80. The summed E-state index contributed by atoms with van der Waals surface area (Å²) in [7, 11) is 0. The molecule has 0 heterocycles. The van der Waals surface area contributed by atoms with E-state index in [0.29, 0.717) is 24.1 Å². The summed E-state index contributed by atoms with van der Waals surface area (Å²) in [5.74, 6) is -0.621. The minimum absolute atomic E-state index is 0.0173. The lowest BCUT2D eigenvalue weighted by atomic mass is 10.1. The monoisotopic (exact) mass is 302 g/mol. The van der Waals surface area contributed by atoms with Gasteiger partial charge in [-0.2, -0.15) is 0 Å². The molecule has 0 aliphatic rings. The number of nitro groups is 1. The van der Waals surface area contributed by atoms with E-state index in [9.17, 15) is 19.3 Å². The lowest BCUT2D eigenvalue weighted by molar-refractivity contribution is -0.385. The Morgan fingerprint density at radius 2 is 2.05 bits per heavy atom. The van der Waals surface area contributed by atoms with Crippen LogP contribution < -0.4 is 5.32 Å². The molecule has 0 fully saturated rings. The number of carbonyl (C=O) groups is 1. The Balaban J connectivity index is 1.95. The number of rotatable bonds is 5. The number of benzene rings is 2. The first kappa shape index (κ1) is 15.6. The summed E-state index contributed by atoms with van der Waals surface area (Å²) in [6.45, 7) is 1.94. The van der Waals surface area contributed by atoms with Gasteiger partial charge in [-0.05, 0) is 43.2 Å². The molecular formula is C16H15FN2O3. The molecule has 0 radical (unpaired) electrons. The largest absolute Gasteiger partial charge is 0.352 e. The van der Waals surface area contributed by atoms with E-state index in [1.54, 1.807) is 19.1 Å². The van der Waals surface area contributed by atoms with Crippen molar-refractivity contribution in [3.63, 3.8) is 0 Å². The van der Waals surface area contributed by atoms with E-state index in [2.05, 4.69) is 5.32 Å². The summed E-state index contributed by atoms with van der Waals surface area (Å²) in [6.07, 6.45) is 0.509. The summed E-state index contributed by atoms with van der Waals surface area (Å²) in [5, 5.41) is 13.4. The number of nitrogens with zero attached hydrogens (tertiary/aromatic N) is 1. The van der Waals surface area contributed by atoms with Gasteiger partial charge < -0.3 is 5.32 Å². The molecule has 1 amide bonds. The van der Waals surface area contributed by atoms with Crippen molar-refractivity contribution in [2.45, 2.75) is 13.3 Å². The number of nitro benzene ring substituents is 1. The Kier molecular flexibility index (Phi) is 4.83. The average Bonchev–Trinajstić information content (AvgIpc) is 2.46. The lowest BCUT2D eigenvalue weighted by Crippen LogP contribution is -2.25. The Morgan fingerprint density at radius 3 is 2.68 bits per heavy atom. The van der Waals surface area contributed by atoms with Crippen LogP contribution in [0.3, 0.4) is 0 Å². The fraction of sp³-hybridized carbons (Fsp3) is 0.188. The van der Waals surface area contributed by atoms with E-state index in [0.717, 1.165) is 5.56 Å². The maximum absolute atomic E-state index is 13.0. The third-order valence-electron chi connectivity index (χ3n) is 3.24. The minimum atomic E-state index is -0.485. The molecule has 0 saturated heterocycles. The number of amides is 1. The Bertz CT molecular complexity index is 716. The summed E-state index contributed by atoms with van der Waals surface area (Å²) >= 11 is 0. The zero-order valence-corrected chi connectivity index (χ0v) is 12.0. The second-order valence-electron chi connectivity index (χ2n) is 4.89. The quantitative estimate of drug-likeness (QED) is 0.681. The molecule has 2 rings (SSSR count). The molecule has 0 unspecified atom stereocenters. The predicted octanol–water partition coefficient (Wildman–Crippen LogP) is 3.01. The fourth-order valence-electron chi connectivity index (χ4n) is 2.12. The molecule has 1 N–H and O–H groups in total. The van der Waals surface area contributed by atoms with Crippen molar-refractivity contribution in [3.05, 3.63) is 75.1 Å². The molecular weight excluding hydrogens is 287 g/mol. The Hall–Kier alpha value is -2.76. The third-order valence-corrected chi connectivity index (χ3v) is 3.24. The van der Waals surface area contributed by atoms with Crippen molar-refractivity contribution >= 4 is 11.6 Å². The van der Waals surface area contributed by atoms with Crippen LogP contribution in [0.2, 0.25) is 0 Å². The third kappa shape index (κ3) is 3.88. The Labute approximate surface area is 126 Å². The summed E-state index contributed by atoms with van der Waals surface area (Å²) in [4.78, 5) is 22.2. The van der Waals surface area contributed by atoms with Gasteiger partial charge in [0.25, 0.3) is 11.6 Å². The van der Waals surface area contributed by atoms with Crippen LogP contribution in [-0.2, 0) is 6.42 Å². The summed E-state index contributed by atoms with van der Waals surface area (Å²) in [6, 6.07) is 10.4. The smallest absolute Gasteiger partial charge is 0.272 e. The maximum Gasteiger partial charge on any atom is 0.272 e. The van der Waals surface area contributed by atoms with Gasteiger partial charge in [0.15, 0.2) is 0 Å². The molecule has 5 nitrogen and oxygen atoms in total. The summed E-state index contributed by atoms with van der Waals surface area (Å²) < 4.78 is 13.0. The lowest BCUT2D eigenvalue weighted by Gasteiger charge is -2.06. The molecule has 0 saturated carbocycles. The molecule has 114 valence electrons. The van der Waals surface area contributed by atoms with Gasteiger partial charge in [0, 0.05) is 23.7 Å². The van der Waals surface area contributed by atoms with Crippen LogP contribution in [0, 0.1) is 22.9 Å². The zero-order chi connectivity index (χ0) is 16.1. The summed E-state index contributed by atoms with van der Waals surface area (Å²) in [5.41, 5.74) is 1.57. The van der Waals surface area contributed by atoms with Crippen molar-refractivity contribution in [2.24, 2.45) is 0 Å². The zero-order valence-electron chi connectivity index (χ0n) is 12.0. The standard InChI is InChI=1S/C16H15FN2O3/c1-11-9-13(5-6-15(11)19(21)22)16(20)18-8-7-12-3-2-4-14(17)10-12/h2-6,9-10H,7-8H2,1H3,(H,18,20). The van der Waals surface area contributed by atoms with Crippen molar-refractivity contribution in [1.82, 2.24) is 5.32 Å². The Morgan fingerprint density at radius 1 is 1.27 bits per heavy atom. The van der Waals surface area contributed by atoms with E-state index in [4.69, 9.17) is 0 Å². The SMILES string of the molecule is Cc1cc(C(=O)NCCc2cccc(F)c2)ccc1[N+](=O)[O-]. The van der Waals surface area contributed by atoms with Crippen molar-refractivity contribution in [3.8, 4) is 0 Å². The minimum Gasteiger partial charge on any atom is -0.352 e. The van der Waals surface area contributed by atoms with E-state index >= 15 is 0 Å². The molecule has 0 atom stereocenters. The topological polar surface area (TPSA) is 72.2 Å². The van der Waals surface area contributed by atoms with Crippen LogP contribution in [0.4, 0.5) is 10.1 Å². The van der Waals surface area contributed by atoms with E-state index < -0.39 is 4.92 Å². The number of nitrogens with one attached hydrogen (secondary N) is 1. The van der Waals surface area contributed by atoms with Crippen LogP contribution in [0.1, 0.15) is 21.5 Å². The van der Waals surface area contributed by atoms with Crippen LogP contribution in [-0.4, -0.2) is 17.4 Å². The van der Waals surface area contributed by atoms with E-state index in [1.807, 2.05) is 0 Å². The van der Waals surface area contributed by atoms with E-state index in [1.165, 1.54) is 30.3 Å². The second-order valence-corrected chi connectivity index (χ2v) is 4.89. The van der Waals surface area contributed by atoms with Crippen LogP contribution in [0.25, 0.3) is 0 Å². The molecule has 0 aromatic heterocycles. The molecule has 0 aliphatic heterocycles. The predicted molar refractivity (Wildman–Crippen MR) is 80.3 cm³/mol. The molecule has 0 spiro atoms. The van der Waals surface area contributed by atoms with Gasteiger partial charge in [-0.15, -0.1) is 0 Å². The average molecular weight is 302 g/mol. The van der Waals surface area contributed by atoms with Crippen LogP contribution >= 0.6 is 0 Å². The van der Waals surface area contributed by atoms with Gasteiger partial charge in [-0.25, -0.2) is 4.39 Å². The first-order valence-corrected chi connectivity index (χ1v) is 6.75. The van der Waals surface area contributed by atoms with Gasteiger partial charge in [0.05, 0.1) is 4.92 Å². The van der Waals surface area contributed by atoms with Gasteiger partial charge in [-0.1, -0.05) is 12.1 Å². The van der Waals surface area contributed by atoms with Gasteiger partial charge >= 0.3 is 0 Å². The number of carbonyl (C=O) groups excluding carboxylic acids is 1. The highest BCUT2D eigenvalue weighted by atomic mass is 19.1. The number of aryl methyl sites for hydroxylation is 1. The number of hydrogen-bond donors (Lipinski definition) is 1. The van der Waals surface area contributed by atoms with Crippen LogP contribution in [0.15, 0.2) is 42.5 Å². The van der Waals surface area contributed by atoms with Gasteiger partial charge in [-0.3, -0.25) is 14.9 Å². The van der Waals surface area contributed by atoms with E-state index in [-0.39, 0.29) is 17.4 Å². The maximum atomic E-state index is 13.0. The van der Waals surface area contributed by atoms with Crippen molar-refractivity contribution in [1.29, 1.82) is 0 Å². The fourth-order valence-corrected chi connectivity index (χ4v) is 2.12. The first-order chi connectivity index (χ1) is 10.5. The van der Waals surface area contributed by atoms with Gasteiger partial charge in [0.1, 0.15) is 5.82 Å². The van der Waals surface area contributed by atoms with Gasteiger partial charge in [0.2, 0.25) is 0 Å². The van der Waals surface area contributed by atoms with Crippen molar-refractivity contribution in [2.75, 3.05) is 6.54 Å². The molecule has 22 heavy (non-hydrogen) atoms. The molecule has 6 heteroatoms. The van der Waals surface area contributed by atoms with Crippen LogP contribution in [0.5, 0.6) is 0 Å². The molecule has 0 bridgehead atoms.